The Morgan fingerprint density at radius 1 is 1.00 bits per heavy atom. The average molecular weight is 260 g/mol. The first kappa shape index (κ1) is 11.6. The van der Waals surface area contributed by atoms with Crippen LogP contribution in [0.25, 0.3) is 0 Å². The van der Waals surface area contributed by atoms with Gasteiger partial charge < -0.3 is 9.47 Å². The summed E-state index contributed by atoms with van der Waals surface area (Å²) in [4.78, 5) is 45.5. The highest BCUT2D eigenvalue weighted by Crippen LogP contribution is 2.48. The first-order valence-electron chi connectivity index (χ1n) is 5.60. The highest BCUT2D eigenvalue weighted by atomic mass is 16.6. The monoisotopic (exact) mass is 260 g/mol. The van der Waals surface area contributed by atoms with Crippen molar-refractivity contribution in [3.8, 4) is 0 Å². The highest BCUT2D eigenvalue weighted by molar-refractivity contribution is 6.19. The van der Waals surface area contributed by atoms with Crippen molar-refractivity contribution in [1.82, 2.24) is 0 Å². The van der Waals surface area contributed by atoms with Crippen LogP contribution >= 0.6 is 0 Å². The van der Waals surface area contributed by atoms with Crippen molar-refractivity contribution in [2.75, 3.05) is 0 Å². The topological polar surface area (TPSA) is 86.7 Å². The Morgan fingerprint density at radius 3 is 2.16 bits per heavy atom. The number of esters is 4. The molecule has 0 amide bonds. The molecular weight excluding hydrogens is 252 g/mol. The molecule has 6 heteroatoms. The third-order valence-corrected chi connectivity index (χ3v) is 3.36. The van der Waals surface area contributed by atoms with Gasteiger partial charge in [0.2, 0.25) is 0 Å². The molecule has 6 nitrogen and oxygen atoms in total. The van der Waals surface area contributed by atoms with Gasteiger partial charge in [-0.2, -0.15) is 0 Å². The minimum absolute atomic E-state index is 0.0130. The van der Waals surface area contributed by atoms with Crippen LogP contribution in [0.3, 0.4) is 0 Å². The van der Waals surface area contributed by atoms with E-state index in [1.54, 1.807) is 6.92 Å². The van der Waals surface area contributed by atoms with Crippen LogP contribution in [0.2, 0.25) is 0 Å². The second-order valence-corrected chi connectivity index (χ2v) is 4.51. The number of cyclic esters (lactones) is 4. The lowest BCUT2D eigenvalue weighted by atomic mass is 10.0. The first-order valence-corrected chi connectivity index (χ1v) is 5.60. The zero-order valence-electron chi connectivity index (χ0n) is 9.94. The first-order chi connectivity index (χ1) is 8.91. The van der Waals surface area contributed by atoms with Crippen LogP contribution in [0.15, 0.2) is 34.4 Å². The molecule has 1 unspecified atom stereocenters. The molecule has 96 valence electrons. The molecule has 0 N–H and O–H groups in total. The predicted octanol–water partition coefficient (Wildman–Crippen LogP) is 0.342. The van der Waals surface area contributed by atoms with Crippen LogP contribution in [0.1, 0.15) is 13.3 Å². The van der Waals surface area contributed by atoms with Crippen LogP contribution in [0.5, 0.6) is 0 Å². The Hall–Kier alpha value is -2.50. The molecule has 0 bridgehead atoms. The third kappa shape index (κ3) is 1.49. The van der Waals surface area contributed by atoms with E-state index in [4.69, 9.17) is 0 Å². The largest absolute Gasteiger partial charge is 0.389 e. The van der Waals surface area contributed by atoms with Crippen molar-refractivity contribution in [1.29, 1.82) is 0 Å². The van der Waals surface area contributed by atoms with Gasteiger partial charge in [0.15, 0.2) is 0 Å². The molecule has 0 aromatic heterocycles. The van der Waals surface area contributed by atoms with Gasteiger partial charge in [0, 0.05) is 0 Å². The predicted molar refractivity (Wildman–Crippen MR) is 59.2 cm³/mol. The molecule has 2 saturated heterocycles. The lowest BCUT2D eigenvalue weighted by Gasteiger charge is -1.94. The van der Waals surface area contributed by atoms with Crippen molar-refractivity contribution >= 4 is 23.9 Å². The number of allylic oxidation sites excluding steroid dienone is 2. The van der Waals surface area contributed by atoms with Gasteiger partial charge in [0.1, 0.15) is 0 Å². The summed E-state index contributed by atoms with van der Waals surface area (Å²) in [5, 5.41) is 0. The molecule has 0 spiro atoms. The molecule has 3 aliphatic rings. The van der Waals surface area contributed by atoms with Gasteiger partial charge in [-0.05, 0) is 24.5 Å². The molecule has 2 aliphatic heterocycles. The number of carbonyl (C=O) groups excluding carboxylic acids is 4. The number of hydrogen-bond donors (Lipinski definition) is 0. The van der Waals surface area contributed by atoms with Crippen molar-refractivity contribution in [2.24, 2.45) is 5.92 Å². The van der Waals surface area contributed by atoms with Gasteiger partial charge >= 0.3 is 23.9 Å². The van der Waals surface area contributed by atoms with E-state index in [2.05, 4.69) is 16.1 Å². The maximum atomic E-state index is 11.5. The number of carbonyl (C=O) groups is 4. The lowest BCUT2D eigenvalue weighted by Crippen LogP contribution is -2.03. The second-order valence-electron chi connectivity index (χ2n) is 4.51. The van der Waals surface area contributed by atoms with Gasteiger partial charge in [-0.1, -0.05) is 6.58 Å². The molecular formula is C13H8O6. The summed E-state index contributed by atoms with van der Waals surface area (Å²) in [5.41, 5.74) is 1.46. The molecule has 3 fully saturated rings. The summed E-state index contributed by atoms with van der Waals surface area (Å²) in [6.07, 6.45) is 0.360. The minimum atomic E-state index is -0.776. The molecule has 3 rings (SSSR count). The van der Waals surface area contributed by atoms with E-state index in [0.29, 0.717) is 17.6 Å². The van der Waals surface area contributed by atoms with E-state index in [-0.39, 0.29) is 16.7 Å². The Bertz CT molecular complexity index is 661. The van der Waals surface area contributed by atoms with E-state index in [1.165, 1.54) is 0 Å². The fraction of sp³-hybridized carbons (Fsp3) is 0.231. The van der Waals surface area contributed by atoms with Gasteiger partial charge in [0.25, 0.3) is 0 Å². The molecule has 1 aliphatic carbocycles. The van der Waals surface area contributed by atoms with Gasteiger partial charge in [0.05, 0.1) is 22.6 Å². The summed E-state index contributed by atoms with van der Waals surface area (Å²) in [5.74, 6) is -3.48. The lowest BCUT2D eigenvalue weighted by molar-refractivity contribution is -0.153. The summed E-state index contributed by atoms with van der Waals surface area (Å²) in [6.45, 7) is 5.04. The van der Waals surface area contributed by atoms with Crippen molar-refractivity contribution in [3.05, 3.63) is 34.4 Å². The molecule has 2 heterocycles. The highest BCUT2D eigenvalue weighted by Gasteiger charge is 2.46. The maximum Gasteiger partial charge on any atom is 0.347 e. The molecule has 0 radical (unpaired) electrons. The standard InChI is InChI=1S/C13H8O6/c1-4-8(12(16)18-10(4)14)6-3-7(6)9-5(2)11(15)19-13(9)17/h5H,1,3H2,2H3/b8-6+,9-7+. The Labute approximate surface area is 107 Å². The average Bonchev–Trinajstić information content (AvgIpc) is 2.96. The van der Waals surface area contributed by atoms with Crippen LogP contribution < -0.4 is 0 Å². The quantitative estimate of drug-likeness (QED) is 0.354. The zero-order chi connectivity index (χ0) is 13.9. The Kier molecular flexibility index (Phi) is 2.14. The Balaban J connectivity index is 2.08. The molecule has 1 saturated carbocycles. The second kappa shape index (κ2) is 3.50. The summed E-state index contributed by atoms with van der Waals surface area (Å²) in [6, 6.07) is 0. The SMILES string of the molecule is C=C1C(=O)OC(=O)/C1=C1\C\C1=C1/C(=O)OC(=O)C1C. The maximum absolute atomic E-state index is 11.5. The van der Waals surface area contributed by atoms with Crippen molar-refractivity contribution < 1.29 is 28.7 Å². The van der Waals surface area contributed by atoms with Crippen LogP contribution in [-0.2, 0) is 28.7 Å². The molecule has 0 aromatic carbocycles. The Morgan fingerprint density at radius 2 is 1.68 bits per heavy atom. The van der Waals surface area contributed by atoms with Gasteiger partial charge in [-0.25, -0.2) is 14.4 Å². The smallest absolute Gasteiger partial charge is 0.347 e. The van der Waals surface area contributed by atoms with E-state index < -0.39 is 29.8 Å². The molecule has 0 aromatic rings. The van der Waals surface area contributed by atoms with Crippen LogP contribution in [-0.4, -0.2) is 23.9 Å². The summed E-state index contributed by atoms with van der Waals surface area (Å²) < 4.78 is 8.94. The van der Waals surface area contributed by atoms with Crippen molar-refractivity contribution in [3.63, 3.8) is 0 Å². The van der Waals surface area contributed by atoms with Gasteiger partial charge in [-0.3, -0.25) is 4.79 Å². The van der Waals surface area contributed by atoms with Crippen LogP contribution in [0.4, 0.5) is 0 Å². The van der Waals surface area contributed by atoms with E-state index in [1.807, 2.05) is 0 Å². The fourth-order valence-electron chi connectivity index (χ4n) is 2.27. The van der Waals surface area contributed by atoms with E-state index in [9.17, 15) is 19.2 Å². The van der Waals surface area contributed by atoms with Crippen LogP contribution in [0, 0.1) is 5.92 Å². The number of ether oxygens (including phenoxy) is 2. The third-order valence-electron chi connectivity index (χ3n) is 3.36. The van der Waals surface area contributed by atoms with Crippen molar-refractivity contribution in [2.45, 2.75) is 13.3 Å². The summed E-state index contributed by atoms with van der Waals surface area (Å²) >= 11 is 0. The molecule has 1 atom stereocenters. The van der Waals surface area contributed by atoms with E-state index in [0.717, 1.165) is 0 Å². The number of hydrogen-bond acceptors (Lipinski definition) is 6. The molecule has 19 heavy (non-hydrogen) atoms. The van der Waals surface area contributed by atoms with Gasteiger partial charge in [-0.15, -0.1) is 0 Å². The zero-order valence-corrected chi connectivity index (χ0v) is 9.94. The minimum Gasteiger partial charge on any atom is -0.389 e. The summed E-state index contributed by atoms with van der Waals surface area (Å²) in [7, 11) is 0. The number of rotatable bonds is 0. The normalized spacial score (nSPS) is 33.9. The fourth-order valence-corrected chi connectivity index (χ4v) is 2.27. The van der Waals surface area contributed by atoms with E-state index >= 15 is 0 Å².